The Balaban J connectivity index is 2.18. The number of nitrogens with two attached hydrogens (primary N) is 1. The molecule has 2 rings (SSSR count). The van der Waals surface area contributed by atoms with Crippen molar-refractivity contribution < 1.29 is 14.4 Å². The zero-order valence-corrected chi connectivity index (χ0v) is 11.0. The molecule has 1 heterocycles. The lowest BCUT2D eigenvalue weighted by molar-refractivity contribution is -0.133. The quantitative estimate of drug-likeness (QED) is 0.453. The van der Waals surface area contributed by atoms with Crippen molar-refractivity contribution in [3.05, 3.63) is 23.8 Å². The van der Waals surface area contributed by atoms with Crippen LogP contribution in [0.5, 0.6) is 0 Å². The Morgan fingerprint density at radius 3 is 2.80 bits per heavy atom. The summed E-state index contributed by atoms with van der Waals surface area (Å²) in [5.74, 6) is -0.901. The van der Waals surface area contributed by atoms with Crippen LogP contribution in [0.1, 0.15) is 23.2 Å². The number of benzene rings is 1. The first-order valence-corrected chi connectivity index (χ1v) is 6.23. The first-order chi connectivity index (χ1) is 9.51. The number of anilines is 2. The molecular formula is C13H16N4O3. The number of carbonyl (C=O) groups excluding carboxylic acids is 3. The van der Waals surface area contributed by atoms with Crippen molar-refractivity contribution in [3.8, 4) is 0 Å². The minimum absolute atomic E-state index is 0.240. The van der Waals surface area contributed by atoms with E-state index >= 15 is 0 Å². The number of nitrogens with one attached hydrogen (secondary N) is 3. The second-order valence-corrected chi connectivity index (χ2v) is 4.53. The molecule has 20 heavy (non-hydrogen) atoms. The van der Waals surface area contributed by atoms with E-state index in [9.17, 15) is 14.4 Å². The number of imide groups is 1. The summed E-state index contributed by atoms with van der Waals surface area (Å²) in [6.45, 7) is 0. The molecule has 5 N–H and O–H groups in total. The lowest BCUT2D eigenvalue weighted by atomic mass is 10.0. The van der Waals surface area contributed by atoms with E-state index in [1.54, 1.807) is 18.2 Å². The molecule has 1 aromatic rings. The van der Waals surface area contributed by atoms with Crippen molar-refractivity contribution in [2.24, 2.45) is 0 Å². The van der Waals surface area contributed by atoms with Gasteiger partial charge in [-0.2, -0.15) is 0 Å². The summed E-state index contributed by atoms with van der Waals surface area (Å²) in [4.78, 5) is 34.3. The van der Waals surface area contributed by atoms with E-state index in [4.69, 9.17) is 5.73 Å². The van der Waals surface area contributed by atoms with Gasteiger partial charge in [0.2, 0.25) is 11.8 Å². The molecule has 0 spiro atoms. The summed E-state index contributed by atoms with van der Waals surface area (Å²) in [5, 5.41) is 7.74. The second-order valence-electron chi connectivity index (χ2n) is 4.53. The van der Waals surface area contributed by atoms with Gasteiger partial charge in [-0.15, -0.1) is 0 Å². The maximum Gasteiger partial charge on any atom is 0.251 e. The van der Waals surface area contributed by atoms with Gasteiger partial charge in [0.15, 0.2) is 0 Å². The van der Waals surface area contributed by atoms with Crippen LogP contribution in [-0.4, -0.2) is 30.8 Å². The lowest BCUT2D eigenvalue weighted by Crippen LogP contribution is -2.47. The number of nitrogen functional groups attached to an aromatic ring is 1. The molecule has 106 valence electrons. The van der Waals surface area contributed by atoms with Crippen LogP contribution in [0.2, 0.25) is 0 Å². The minimum atomic E-state index is -0.532. The highest BCUT2D eigenvalue weighted by Crippen LogP contribution is 2.22. The third-order valence-electron chi connectivity index (χ3n) is 3.11. The first kappa shape index (κ1) is 13.9. The Morgan fingerprint density at radius 1 is 1.40 bits per heavy atom. The number of rotatable bonds is 3. The molecule has 1 fully saturated rings. The highest BCUT2D eigenvalue weighted by molar-refractivity contribution is 6.02. The SMILES string of the molecule is CNC(=O)c1ccc(N)c(NC2CCC(=O)NC2=O)c1. The monoisotopic (exact) mass is 276 g/mol. The molecule has 1 saturated heterocycles. The lowest BCUT2D eigenvalue weighted by Gasteiger charge is -2.23. The van der Waals surface area contributed by atoms with E-state index in [1.165, 1.54) is 7.05 Å². The normalized spacial score (nSPS) is 18.4. The van der Waals surface area contributed by atoms with Gasteiger partial charge >= 0.3 is 0 Å². The molecule has 1 aromatic carbocycles. The second kappa shape index (κ2) is 5.60. The molecule has 1 aliphatic heterocycles. The van der Waals surface area contributed by atoms with E-state index < -0.39 is 6.04 Å². The van der Waals surface area contributed by atoms with Crippen LogP contribution in [0, 0.1) is 0 Å². The van der Waals surface area contributed by atoms with Crippen LogP contribution in [0.4, 0.5) is 11.4 Å². The van der Waals surface area contributed by atoms with Gasteiger partial charge in [0, 0.05) is 19.0 Å². The fourth-order valence-corrected chi connectivity index (χ4v) is 1.99. The molecule has 0 radical (unpaired) electrons. The van der Waals surface area contributed by atoms with Gasteiger partial charge in [0.1, 0.15) is 6.04 Å². The molecule has 3 amide bonds. The van der Waals surface area contributed by atoms with Crippen molar-refractivity contribution in [3.63, 3.8) is 0 Å². The van der Waals surface area contributed by atoms with Crippen LogP contribution < -0.4 is 21.7 Å². The van der Waals surface area contributed by atoms with Gasteiger partial charge in [0.05, 0.1) is 11.4 Å². The first-order valence-electron chi connectivity index (χ1n) is 6.23. The zero-order valence-electron chi connectivity index (χ0n) is 11.0. The van der Waals surface area contributed by atoms with E-state index in [2.05, 4.69) is 16.0 Å². The Labute approximate surface area is 115 Å². The van der Waals surface area contributed by atoms with Crippen LogP contribution in [-0.2, 0) is 9.59 Å². The fourth-order valence-electron chi connectivity index (χ4n) is 1.99. The molecule has 0 saturated carbocycles. The molecule has 1 atom stereocenters. The smallest absolute Gasteiger partial charge is 0.251 e. The molecule has 7 nitrogen and oxygen atoms in total. The number of carbonyl (C=O) groups is 3. The molecule has 0 aromatic heterocycles. The average Bonchev–Trinajstić information content (AvgIpc) is 2.43. The van der Waals surface area contributed by atoms with E-state index in [0.29, 0.717) is 23.4 Å². The zero-order chi connectivity index (χ0) is 14.7. The molecule has 0 aliphatic carbocycles. The van der Waals surface area contributed by atoms with E-state index in [1.807, 2.05) is 0 Å². The highest BCUT2D eigenvalue weighted by Gasteiger charge is 2.26. The minimum Gasteiger partial charge on any atom is -0.397 e. The Kier molecular flexibility index (Phi) is 3.88. The summed E-state index contributed by atoms with van der Waals surface area (Å²) in [7, 11) is 1.53. The van der Waals surface area contributed by atoms with Gasteiger partial charge < -0.3 is 16.4 Å². The van der Waals surface area contributed by atoms with E-state index in [-0.39, 0.29) is 24.1 Å². The van der Waals surface area contributed by atoms with Gasteiger partial charge in [-0.05, 0) is 24.6 Å². The molecular weight excluding hydrogens is 260 g/mol. The largest absolute Gasteiger partial charge is 0.397 e. The van der Waals surface area contributed by atoms with E-state index in [0.717, 1.165) is 0 Å². The van der Waals surface area contributed by atoms with Gasteiger partial charge in [-0.25, -0.2) is 0 Å². The van der Waals surface area contributed by atoms with Crippen LogP contribution in [0.3, 0.4) is 0 Å². The summed E-state index contributed by atoms with van der Waals surface area (Å²) in [5.41, 5.74) is 7.20. The molecule has 7 heteroatoms. The average molecular weight is 276 g/mol. The van der Waals surface area contributed by atoms with Gasteiger partial charge in [-0.1, -0.05) is 0 Å². The third kappa shape index (κ3) is 2.87. The Morgan fingerprint density at radius 2 is 2.15 bits per heavy atom. The maximum atomic E-state index is 11.7. The fraction of sp³-hybridized carbons (Fsp3) is 0.308. The predicted molar refractivity (Wildman–Crippen MR) is 74.0 cm³/mol. The van der Waals surface area contributed by atoms with Crippen molar-refractivity contribution in [1.29, 1.82) is 0 Å². The summed E-state index contributed by atoms with van der Waals surface area (Å²) >= 11 is 0. The predicted octanol–water partition coefficient (Wildman–Crippen LogP) is -0.154. The molecule has 1 unspecified atom stereocenters. The van der Waals surface area contributed by atoms with Crippen molar-refractivity contribution in [2.45, 2.75) is 18.9 Å². The summed E-state index contributed by atoms with van der Waals surface area (Å²) < 4.78 is 0. The number of piperidine rings is 1. The maximum absolute atomic E-state index is 11.7. The number of hydrogen-bond acceptors (Lipinski definition) is 5. The van der Waals surface area contributed by atoms with Crippen molar-refractivity contribution >= 4 is 29.1 Å². The summed E-state index contributed by atoms with van der Waals surface area (Å²) in [6, 6.07) is 4.25. The Hall–Kier alpha value is -2.57. The number of hydrogen-bond donors (Lipinski definition) is 4. The third-order valence-corrected chi connectivity index (χ3v) is 3.11. The van der Waals surface area contributed by atoms with Crippen LogP contribution in [0.25, 0.3) is 0 Å². The van der Waals surface area contributed by atoms with Crippen molar-refractivity contribution in [1.82, 2.24) is 10.6 Å². The standard InChI is InChI=1S/C13H16N4O3/c1-15-12(19)7-2-3-8(14)10(6-7)16-9-4-5-11(18)17-13(9)20/h2-3,6,9,16H,4-5,14H2,1H3,(H,15,19)(H,17,18,20). The van der Waals surface area contributed by atoms with Gasteiger partial charge in [-0.3, -0.25) is 19.7 Å². The molecule has 1 aliphatic rings. The Bertz CT molecular complexity index is 571. The molecule has 0 bridgehead atoms. The van der Waals surface area contributed by atoms with Crippen molar-refractivity contribution in [2.75, 3.05) is 18.1 Å². The van der Waals surface area contributed by atoms with Crippen LogP contribution in [0.15, 0.2) is 18.2 Å². The summed E-state index contributed by atoms with van der Waals surface area (Å²) in [6.07, 6.45) is 0.673. The number of amides is 3. The van der Waals surface area contributed by atoms with Gasteiger partial charge in [0.25, 0.3) is 5.91 Å². The topological polar surface area (TPSA) is 113 Å². The highest BCUT2D eigenvalue weighted by atomic mass is 16.2. The van der Waals surface area contributed by atoms with Crippen LogP contribution >= 0.6 is 0 Å².